The Morgan fingerprint density at radius 2 is 1.38 bits per heavy atom. The fourth-order valence-corrected chi connectivity index (χ4v) is 3.40. The number of rotatable bonds is 12. The summed E-state index contributed by atoms with van der Waals surface area (Å²) in [7, 11) is 0. The predicted molar refractivity (Wildman–Crippen MR) is 111 cm³/mol. The molecule has 0 aliphatic rings. The summed E-state index contributed by atoms with van der Waals surface area (Å²) in [6.45, 7) is 6.41. The summed E-state index contributed by atoms with van der Waals surface area (Å²) in [5, 5.41) is 0.820. The van der Waals surface area contributed by atoms with Crippen molar-refractivity contribution in [2.75, 3.05) is 0 Å². The van der Waals surface area contributed by atoms with E-state index in [2.05, 4.69) is 32.9 Å². The third-order valence-corrected chi connectivity index (χ3v) is 4.80. The van der Waals surface area contributed by atoms with Crippen LogP contribution in [0.4, 0.5) is 0 Å². The third-order valence-electron chi connectivity index (χ3n) is 4.56. The molecule has 0 amide bonds. The molecule has 1 aromatic carbocycles. The Hall–Kier alpha value is -0.240. The van der Waals surface area contributed by atoms with Crippen LogP contribution in [-0.2, 0) is 12.0 Å². The van der Waals surface area contributed by atoms with Crippen molar-refractivity contribution in [1.29, 1.82) is 0 Å². The highest BCUT2D eigenvalue weighted by molar-refractivity contribution is 6.30. The standard InChI is InChI=1S/C21H36ClN.ClH/c1-4-5-6-7-8-9-10-11-12-13-14-18-17-19(22)15-16-20(18)21(2,3)23;/h15-17H,4-14,23H2,1-3H3;1H. The van der Waals surface area contributed by atoms with Gasteiger partial charge in [0.05, 0.1) is 0 Å². The minimum absolute atomic E-state index is 0. The molecule has 1 aromatic rings. The van der Waals surface area contributed by atoms with Gasteiger partial charge in [0.2, 0.25) is 0 Å². The van der Waals surface area contributed by atoms with E-state index in [-0.39, 0.29) is 17.9 Å². The smallest absolute Gasteiger partial charge is 0.0408 e. The molecule has 0 atom stereocenters. The lowest BCUT2D eigenvalue weighted by molar-refractivity contribution is 0.538. The van der Waals surface area contributed by atoms with Gasteiger partial charge in [0.1, 0.15) is 0 Å². The van der Waals surface area contributed by atoms with E-state index in [0.717, 1.165) is 11.4 Å². The van der Waals surface area contributed by atoms with Crippen LogP contribution < -0.4 is 5.73 Å². The number of nitrogens with two attached hydrogens (primary N) is 1. The van der Waals surface area contributed by atoms with Crippen molar-refractivity contribution in [3.05, 3.63) is 34.3 Å². The van der Waals surface area contributed by atoms with Crippen molar-refractivity contribution in [1.82, 2.24) is 0 Å². The van der Waals surface area contributed by atoms with Gasteiger partial charge >= 0.3 is 0 Å². The molecule has 1 nitrogen and oxygen atoms in total. The summed E-state index contributed by atoms with van der Waals surface area (Å²) in [6.07, 6.45) is 14.8. The monoisotopic (exact) mass is 373 g/mol. The maximum atomic E-state index is 6.28. The molecule has 0 aliphatic heterocycles. The molecule has 0 radical (unpaired) electrons. The fourth-order valence-electron chi connectivity index (χ4n) is 3.20. The molecule has 24 heavy (non-hydrogen) atoms. The summed E-state index contributed by atoms with van der Waals surface area (Å²) >= 11 is 6.16. The minimum Gasteiger partial charge on any atom is -0.322 e. The lowest BCUT2D eigenvalue weighted by Crippen LogP contribution is -2.30. The zero-order valence-electron chi connectivity index (χ0n) is 15.9. The van der Waals surface area contributed by atoms with Crippen molar-refractivity contribution in [3.8, 4) is 0 Å². The molecule has 0 unspecified atom stereocenters. The number of benzene rings is 1. The van der Waals surface area contributed by atoms with Crippen LogP contribution in [0.25, 0.3) is 0 Å². The van der Waals surface area contributed by atoms with Gasteiger partial charge in [-0.05, 0) is 49.9 Å². The van der Waals surface area contributed by atoms with E-state index in [4.69, 9.17) is 17.3 Å². The lowest BCUT2D eigenvalue weighted by Gasteiger charge is -2.23. The maximum Gasteiger partial charge on any atom is 0.0408 e. The number of halogens is 2. The Morgan fingerprint density at radius 1 is 0.875 bits per heavy atom. The number of hydrogen-bond acceptors (Lipinski definition) is 1. The zero-order valence-corrected chi connectivity index (χ0v) is 17.4. The van der Waals surface area contributed by atoms with Crippen molar-refractivity contribution in [3.63, 3.8) is 0 Å². The third kappa shape index (κ3) is 9.91. The van der Waals surface area contributed by atoms with Crippen molar-refractivity contribution in [2.45, 2.75) is 96.9 Å². The van der Waals surface area contributed by atoms with Gasteiger partial charge in [-0.1, -0.05) is 82.4 Å². The number of aryl methyl sites for hydroxylation is 1. The summed E-state index contributed by atoms with van der Waals surface area (Å²) in [5.41, 5.74) is 8.55. The first-order chi connectivity index (χ1) is 10.9. The maximum absolute atomic E-state index is 6.28. The van der Waals surface area contributed by atoms with Crippen molar-refractivity contribution in [2.24, 2.45) is 5.73 Å². The molecule has 0 aliphatic carbocycles. The molecule has 140 valence electrons. The topological polar surface area (TPSA) is 26.0 Å². The highest BCUT2D eigenvalue weighted by Crippen LogP contribution is 2.26. The molecule has 3 heteroatoms. The number of hydrogen-bond donors (Lipinski definition) is 1. The van der Waals surface area contributed by atoms with E-state index in [1.807, 2.05) is 6.07 Å². The van der Waals surface area contributed by atoms with E-state index >= 15 is 0 Å². The minimum atomic E-state index is -0.293. The van der Waals surface area contributed by atoms with Crippen LogP contribution >= 0.6 is 24.0 Å². The van der Waals surface area contributed by atoms with Gasteiger partial charge < -0.3 is 5.73 Å². The van der Waals surface area contributed by atoms with E-state index < -0.39 is 0 Å². The van der Waals surface area contributed by atoms with E-state index in [1.165, 1.54) is 75.3 Å². The molecular weight excluding hydrogens is 337 g/mol. The Kier molecular flexibility index (Phi) is 12.9. The van der Waals surface area contributed by atoms with Crippen LogP contribution in [-0.4, -0.2) is 0 Å². The van der Waals surface area contributed by atoms with Crippen LogP contribution in [0, 0.1) is 0 Å². The van der Waals surface area contributed by atoms with Crippen molar-refractivity contribution < 1.29 is 0 Å². The van der Waals surface area contributed by atoms with Gasteiger partial charge in [-0.2, -0.15) is 0 Å². The molecule has 1 rings (SSSR count). The molecule has 2 N–H and O–H groups in total. The van der Waals surface area contributed by atoms with E-state index in [1.54, 1.807) is 0 Å². The van der Waals surface area contributed by atoms with Gasteiger partial charge in [-0.25, -0.2) is 0 Å². The molecular formula is C21H37Cl2N. The second kappa shape index (κ2) is 13.0. The average Bonchev–Trinajstić information content (AvgIpc) is 2.48. The summed E-state index contributed by atoms with van der Waals surface area (Å²) in [4.78, 5) is 0. The Balaban J connectivity index is 0.00000529. The first-order valence-corrected chi connectivity index (χ1v) is 9.90. The SMILES string of the molecule is CCCCCCCCCCCCc1cc(Cl)ccc1C(C)(C)N.Cl. The molecule has 0 bridgehead atoms. The van der Waals surface area contributed by atoms with Gasteiger partial charge in [-0.15, -0.1) is 12.4 Å². The van der Waals surface area contributed by atoms with Crippen LogP contribution in [0.2, 0.25) is 5.02 Å². The predicted octanol–water partition coefficient (Wildman–Crippen LogP) is 7.42. The van der Waals surface area contributed by atoms with Crippen LogP contribution in [0.3, 0.4) is 0 Å². The quantitative estimate of drug-likeness (QED) is 0.379. The Morgan fingerprint density at radius 3 is 1.88 bits per heavy atom. The molecule has 0 aromatic heterocycles. The van der Waals surface area contributed by atoms with Crippen molar-refractivity contribution >= 4 is 24.0 Å². The first kappa shape index (κ1) is 23.8. The van der Waals surface area contributed by atoms with Crippen LogP contribution in [0.5, 0.6) is 0 Å². The fraction of sp³-hybridized carbons (Fsp3) is 0.714. The van der Waals surface area contributed by atoms with Crippen LogP contribution in [0.1, 0.15) is 96.1 Å². The highest BCUT2D eigenvalue weighted by Gasteiger charge is 2.18. The largest absolute Gasteiger partial charge is 0.322 e. The number of unbranched alkanes of at least 4 members (excludes halogenated alkanes) is 9. The van der Waals surface area contributed by atoms with Gasteiger partial charge in [0.15, 0.2) is 0 Å². The van der Waals surface area contributed by atoms with E-state index in [0.29, 0.717) is 0 Å². The molecule has 0 spiro atoms. The van der Waals surface area contributed by atoms with E-state index in [9.17, 15) is 0 Å². The highest BCUT2D eigenvalue weighted by atomic mass is 35.5. The normalized spacial score (nSPS) is 11.4. The zero-order chi connectivity index (χ0) is 17.1. The van der Waals surface area contributed by atoms with Crippen LogP contribution in [0.15, 0.2) is 18.2 Å². The molecule has 0 fully saturated rings. The average molecular weight is 374 g/mol. The lowest BCUT2D eigenvalue weighted by atomic mass is 9.88. The summed E-state index contributed by atoms with van der Waals surface area (Å²) in [6, 6.07) is 6.14. The van der Waals surface area contributed by atoms with Gasteiger partial charge in [0.25, 0.3) is 0 Å². The Labute approximate surface area is 161 Å². The van der Waals surface area contributed by atoms with Gasteiger partial charge in [0, 0.05) is 10.6 Å². The molecule has 0 heterocycles. The summed E-state index contributed by atoms with van der Waals surface area (Å²) < 4.78 is 0. The van der Waals surface area contributed by atoms with Gasteiger partial charge in [-0.3, -0.25) is 0 Å². The second-order valence-corrected chi connectivity index (χ2v) is 7.89. The Bertz CT molecular complexity index is 438. The molecule has 0 saturated heterocycles. The summed E-state index contributed by atoms with van der Waals surface area (Å²) in [5.74, 6) is 0. The molecule has 0 saturated carbocycles. The first-order valence-electron chi connectivity index (χ1n) is 9.53. The second-order valence-electron chi connectivity index (χ2n) is 7.46.